The van der Waals surface area contributed by atoms with Gasteiger partial charge in [-0.3, -0.25) is 29.4 Å². The maximum atomic E-state index is 12.9. The molecule has 2 N–H and O–H groups in total. The van der Waals surface area contributed by atoms with Crippen molar-refractivity contribution in [2.45, 2.75) is 6.18 Å². The number of ether oxygens (including phenoxy) is 1. The molecular weight excluding hydrogens is 615 g/mol. The molecule has 0 saturated carbocycles. The SMILES string of the molecule is NC(=O)CN1C(=O)S/C(=C\c2cc(Br)c(Oc3ccc(C(F)(F)F)cc3[N+](=O)[O-])c(Br)c2)C1=O. The first-order chi connectivity index (χ1) is 15.8. The van der Waals surface area contributed by atoms with Crippen LogP contribution in [-0.4, -0.2) is 33.4 Å². The van der Waals surface area contributed by atoms with Gasteiger partial charge in [-0.15, -0.1) is 0 Å². The standard InChI is InChI=1S/C19H10Br2F3N3O6S/c20-10-3-8(5-14-17(29)26(7-15(25)28)18(30)34-14)4-11(21)16(10)33-13-2-1-9(19(22,23)24)6-12(13)27(31)32/h1-6H,7H2,(H2,25,28)/b14-5-. The molecule has 1 fully saturated rings. The van der Waals surface area contributed by atoms with Crippen molar-refractivity contribution in [1.82, 2.24) is 4.90 Å². The number of nitrogens with two attached hydrogens (primary N) is 1. The molecule has 0 bridgehead atoms. The molecule has 0 aromatic heterocycles. The number of hydrogen-bond donors (Lipinski definition) is 1. The normalized spacial score (nSPS) is 15.2. The molecule has 15 heteroatoms. The number of thioether (sulfide) groups is 1. The molecule has 0 spiro atoms. The first kappa shape index (κ1) is 25.7. The van der Waals surface area contributed by atoms with Crippen molar-refractivity contribution in [3.8, 4) is 11.5 Å². The highest BCUT2D eigenvalue weighted by molar-refractivity contribution is 9.11. The molecule has 1 aliphatic rings. The van der Waals surface area contributed by atoms with Gasteiger partial charge < -0.3 is 10.5 Å². The van der Waals surface area contributed by atoms with E-state index >= 15 is 0 Å². The van der Waals surface area contributed by atoms with Gasteiger partial charge in [0.1, 0.15) is 6.54 Å². The van der Waals surface area contributed by atoms with E-state index in [2.05, 4.69) is 31.9 Å². The van der Waals surface area contributed by atoms with Gasteiger partial charge in [0.05, 0.1) is 24.3 Å². The number of nitro benzene ring substituents is 1. The van der Waals surface area contributed by atoms with Gasteiger partial charge in [-0.1, -0.05) is 0 Å². The molecule has 2 aromatic carbocycles. The summed E-state index contributed by atoms with van der Waals surface area (Å²) in [6.07, 6.45) is -3.41. The number of nitro groups is 1. The lowest BCUT2D eigenvalue weighted by Crippen LogP contribution is -2.36. The molecule has 2 aromatic rings. The fourth-order valence-corrected chi connectivity index (χ4v) is 4.96. The van der Waals surface area contributed by atoms with E-state index < -0.39 is 51.7 Å². The number of amides is 3. The van der Waals surface area contributed by atoms with Gasteiger partial charge in [-0.25, -0.2) is 0 Å². The lowest BCUT2D eigenvalue weighted by Gasteiger charge is -2.13. The van der Waals surface area contributed by atoms with Gasteiger partial charge in [0.15, 0.2) is 5.75 Å². The highest BCUT2D eigenvalue weighted by Gasteiger charge is 2.36. The van der Waals surface area contributed by atoms with Crippen LogP contribution in [0.4, 0.5) is 23.7 Å². The van der Waals surface area contributed by atoms with E-state index in [4.69, 9.17) is 10.5 Å². The van der Waals surface area contributed by atoms with Gasteiger partial charge >= 0.3 is 11.9 Å². The van der Waals surface area contributed by atoms with Crippen LogP contribution >= 0.6 is 43.6 Å². The van der Waals surface area contributed by atoms with Crippen LogP contribution in [0, 0.1) is 10.1 Å². The molecule has 34 heavy (non-hydrogen) atoms. The fraction of sp³-hybridized carbons (Fsp3) is 0.105. The largest absolute Gasteiger partial charge is 0.448 e. The lowest BCUT2D eigenvalue weighted by molar-refractivity contribution is -0.385. The van der Waals surface area contributed by atoms with Crippen molar-refractivity contribution in [1.29, 1.82) is 0 Å². The average molecular weight is 625 g/mol. The average Bonchev–Trinajstić information content (AvgIpc) is 2.96. The molecule has 3 amide bonds. The van der Waals surface area contributed by atoms with Crippen LogP contribution in [0.15, 0.2) is 44.2 Å². The Morgan fingerprint density at radius 2 is 1.82 bits per heavy atom. The number of benzene rings is 2. The Labute approximate surface area is 209 Å². The van der Waals surface area contributed by atoms with E-state index in [-0.39, 0.29) is 19.6 Å². The summed E-state index contributed by atoms with van der Waals surface area (Å²) < 4.78 is 44.7. The Balaban J connectivity index is 1.93. The number of carbonyl (C=O) groups excluding carboxylic acids is 3. The monoisotopic (exact) mass is 623 g/mol. The molecule has 0 radical (unpaired) electrons. The Bertz CT molecular complexity index is 1250. The quantitative estimate of drug-likeness (QED) is 0.257. The second-order valence-electron chi connectivity index (χ2n) is 6.59. The molecule has 1 heterocycles. The Kier molecular flexibility index (Phi) is 7.38. The van der Waals surface area contributed by atoms with Gasteiger partial charge in [0.2, 0.25) is 11.7 Å². The number of rotatable bonds is 6. The van der Waals surface area contributed by atoms with Gasteiger partial charge in [-0.2, -0.15) is 13.2 Å². The Hall–Kier alpha value is -2.91. The van der Waals surface area contributed by atoms with E-state index in [0.717, 1.165) is 6.07 Å². The minimum atomic E-state index is -4.77. The van der Waals surface area contributed by atoms with E-state index in [1.807, 2.05) is 0 Å². The predicted molar refractivity (Wildman–Crippen MR) is 122 cm³/mol. The third-order valence-electron chi connectivity index (χ3n) is 4.20. The van der Waals surface area contributed by atoms with Gasteiger partial charge in [-0.05, 0) is 79.5 Å². The lowest BCUT2D eigenvalue weighted by atomic mass is 10.1. The molecule has 178 valence electrons. The highest BCUT2D eigenvalue weighted by Crippen LogP contribution is 2.43. The van der Waals surface area contributed by atoms with E-state index in [1.54, 1.807) is 0 Å². The summed E-state index contributed by atoms with van der Waals surface area (Å²) in [4.78, 5) is 46.4. The van der Waals surface area contributed by atoms with Crippen LogP contribution in [0.2, 0.25) is 0 Å². The number of halogens is 5. The molecule has 1 saturated heterocycles. The van der Waals surface area contributed by atoms with Gasteiger partial charge in [0, 0.05) is 6.07 Å². The summed E-state index contributed by atoms with van der Waals surface area (Å²) in [7, 11) is 0. The fourth-order valence-electron chi connectivity index (χ4n) is 2.74. The number of carbonyl (C=O) groups is 3. The zero-order valence-corrected chi connectivity index (χ0v) is 20.4. The molecule has 1 aliphatic heterocycles. The highest BCUT2D eigenvalue weighted by atomic mass is 79.9. The first-order valence-corrected chi connectivity index (χ1v) is 11.2. The van der Waals surface area contributed by atoms with Gasteiger partial charge in [0.25, 0.3) is 11.1 Å². The maximum Gasteiger partial charge on any atom is 0.416 e. The molecule has 0 atom stereocenters. The van der Waals surface area contributed by atoms with E-state index in [0.29, 0.717) is 34.4 Å². The maximum absolute atomic E-state index is 12.9. The third kappa shape index (κ3) is 5.59. The van der Waals surface area contributed by atoms with Crippen molar-refractivity contribution in [2.24, 2.45) is 5.73 Å². The second-order valence-corrected chi connectivity index (χ2v) is 9.29. The number of primary amides is 1. The minimum Gasteiger partial charge on any atom is -0.448 e. The number of hydrogen-bond acceptors (Lipinski definition) is 7. The van der Waals surface area contributed by atoms with E-state index in [9.17, 15) is 37.7 Å². The smallest absolute Gasteiger partial charge is 0.416 e. The van der Waals surface area contributed by atoms with Crippen LogP contribution in [0.3, 0.4) is 0 Å². The van der Waals surface area contributed by atoms with Crippen molar-refractivity contribution in [3.05, 3.63) is 65.4 Å². The summed E-state index contributed by atoms with van der Waals surface area (Å²) in [6, 6.07) is 4.77. The second kappa shape index (κ2) is 9.76. The zero-order valence-electron chi connectivity index (χ0n) is 16.4. The number of nitrogens with zero attached hydrogens (tertiary/aromatic N) is 2. The number of imide groups is 1. The van der Waals surface area contributed by atoms with Crippen LogP contribution in [-0.2, 0) is 15.8 Å². The molecular formula is C19H10Br2F3N3O6S. The van der Waals surface area contributed by atoms with Crippen molar-refractivity contribution in [3.63, 3.8) is 0 Å². The minimum absolute atomic E-state index is 0.0156. The van der Waals surface area contributed by atoms with Crippen molar-refractivity contribution < 1.29 is 37.2 Å². The number of alkyl halides is 3. The summed E-state index contributed by atoms with van der Waals surface area (Å²) in [6.45, 7) is -0.561. The van der Waals surface area contributed by atoms with Crippen LogP contribution < -0.4 is 10.5 Å². The molecule has 0 unspecified atom stereocenters. The molecule has 9 nitrogen and oxygen atoms in total. The summed E-state index contributed by atoms with van der Waals surface area (Å²) in [5, 5.41) is 10.6. The van der Waals surface area contributed by atoms with Crippen LogP contribution in [0.1, 0.15) is 11.1 Å². The molecule has 0 aliphatic carbocycles. The van der Waals surface area contributed by atoms with E-state index in [1.165, 1.54) is 18.2 Å². The summed E-state index contributed by atoms with van der Waals surface area (Å²) in [5.74, 6) is -1.98. The summed E-state index contributed by atoms with van der Waals surface area (Å²) >= 11 is 7.05. The predicted octanol–water partition coefficient (Wildman–Crippen LogP) is 5.45. The van der Waals surface area contributed by atoms with Crippen molar-refractivity contribution in [2.75, 3.05) is 6.54 Å². The molecule has 3 rings (SSSR count). The zero-order chi connectivity index (χ0) is 25.4. The Morgan fingerprint density at radius 3 is 2.35 bits per heavy atom. The first-order valence-electron chi connectivity index (χ1n) is 8.84. The van der Waals surface area contributed by atoms with Crippen molar-refractivity contribution >= 4 is 72.4 Å². The Morgan fingerprint density at radius 1 is 1.21 bits per heavy atom. The summed E-state index contributed by atoms with van der Waals surface area (Å²) in [5.41, 5.74) is 3.34. The van der Waals surface area contributed by atoms with Crippen LogP contribution in [0.25, 0.3) is 6.08 Å². The third-order valence-corrected chi connectivity index (χ3v) is 6.29. The van der Waals surface area contributed by atoms with Crippen LogP contribution in [0.5, 0.6) is 11.5 Å². The topological polar surface area (TPSA) is 133 Å².